The van der Waals surface area contributed by atoms with Crippen molar-refractivity contribution >= 4 is 22.4 Å². The van der Waals surface area contributed by atoms with Crippen LogP contribution in [0.2, 0.25) is 0 Å². The normalized spacial score (nSPS) is 16.3. The van der Waals surface area contributed by atoms with Crippen molar-refractivity contribution in [3.63, 3.8) is 0 Å². The third kappa shape index (κ3) is 3.79. The summed E-state index contributed by atoms with van der Waals surface area (Å²) in [4.78, 5) is 21.2. The van der Waals surface area contributed by atoms with Crippen molar-refractivity contribution in [2.45, 2.75) is 26.3 Å². The molecule has 29 heavy (non-hydrogen) atoms. The molecule has 154 valence electrons. The molecule has 8 nitrogen and oxygen atoms in total. The number of amides is 1. The van der Waals surface area contributed by atoms with Gasteiger partial charge in [0.2, 0.25) is 10.8 Å². The molecule has 2 N–H and O–H groups in total. The Balaban J connectivity index is 1.65. The van der Waals surface area contributed by atoms with Gasteiger partial charge in [-0.05, 0) is 6.92 Å². The maximum Gasteiger partial charge on any atom is 0.410 e. The lowest BCUT2D eigenvalue weighted by Gasteiger charge is -2.35. The smallest absolute Gasteiger partial charge is 0.410 e. The number of hydrogen-bond donors (Lipinski definition) is 2. The maximum atomic E-state index is 12.0. The number of hydrogen-bond acceptors (Lipinski definition) is 6. The molecule has 1 saturated heterocycles. The van der Waals surface area contributed by atoms with Gasteiger partial charge in [0.1, 0.15) is 4.88 Å². The molecule has 0 radical (unpaired) electrons. The highest BCUT2D eigenvalue weighted by Crippen LogP contribution is 2.35. The highest BCUT2D eigenvalue weighted by Gasteiger charge is 2.36. The summed E-state index contributed by atoms with van der Waals surface area (Å²) in [6.45, 7) is 6.99. The number of nitrogens with zero attached hydrogens (tertiary/aromatic N) is 4. The number of benzene rings is 1. The van der Waals surface area contributed by atoms with E-state index in [0.717, 1.165) is 35.8 Å². The SMILES string of the molecule is CCOC(=O)N1CC[NH+]([C@@H](c2ccccc2)c2sc3nc(CC)nn3c2O)CC1. The fraction of sp³-hybridized carbons (Fsp3) is 0.450. The monoisotopic (exact) mass is 416 g/mol. The molecular weight excluding hydrogens is 390 g/mol. The number of quaternary nitrogens is 1. The lowest BCUT2D eigenvalue weighted by atomic mass is 10.0. The predicted octanol–water partition coefficient (Wildman–Crippen LogP) is 1.51. The Morgan fingerprint density at radius 2 is 2.00 bits per heavy atom. The van der Waals surface area contributed by atoms with Gasteiger partial charge < -0.3 is 14.7 Å². The second kappa shape index (κ2) is 8.38. The van der Waals surface area contributed by atoms with Gasteiger partial charge in [0.25, 0.3) is 0 Å². The highest BCUT2D eigenvalue weighted by molar-refractivity contribution is 7.17. The number of ether oxygens (including phenoxy) is 1. The van der Waals surface area contributed by atoms with Crippen LogP contribution in [0.3, 0.4) is 0 Å². The van der Waals surface area contributed by atoms with E-state index in [1.807, 2.05) is 32.0 Å². The molecule has 1 aromatic carbocycles. The third-order valence-electron chi connectivity index (χ3n) is 5.29. The van der Waals surface area contributed by atoms with Crippen molar-refractivity contribution in [3.8, 4) is 5.88 Å². The van der Waals surface area contributed by atoms with Crippen molar-refractivity contribution in [2.24, 2.45) is 0 Å². The molecule has 1 amide bonds. The molecule has 1 aliphatic heterocycles. The summed E-state index contributed by atoms with van der Waals surface area (Å²) >= 11 is 1.49. The predicted molar refractivity (Wildman–Crippen MR) is 109 cm³/mol. The molecule has 0 bridgehead atoms. The summed E-state index contributed by atoms with van der Waals surface area (Å²) in [5.41, 5.74) is 1.13. The molecule has 1 fully saturated rings. The molecule has 1 atom stereocenters. The quantitative estimate of drug-likeness (QED) is 0.659. The van der Waals surface area contributed by atoms with E-state index < -0.39 is 0 Å². The first-order valence-corrected chi connectivity index (χ1v) is 10.8. The van der Waals surface area contributed by atoms with E-state index in [9.17, 15) is 9.90 Å². The standard InChI is InChI=1S/C20H25N5O3S/c1-3-15-21-19-25(22-15)18(26)17(29-19)16(14-8-6-5-7-9-14)23-10-12-24(13-11-23)20(27)28-4-2/h5-9,16,26H,3-4,10-13H2,1-2H3/p+1/t16-/m0/s1. The van der Waals surface area contributed by atoms with Gasteiger partial charge in [-0.1, -0.05) is 48.6 Å². The highest BCUT2D eigenvalue weighted by atomic mass is 32.1. The van der Waals surface area contributed by atoms with Gasteiger partial charge in [-0.15, -0.1) is 5.10 Å². The molecule has 0 aliphatic carbocycles. The summed E-state index contributed by atoms with van der Waals surface area (Å²) in [7, 11) is 0. The van der Waals surface area contributed by atoms with Crippen LogP contribution in [0.4, 0.5) is 4.79 Å². The molecule has 0 spiro atoms. The number of thiazole rings is 1. The maximum absolute atomic E-state index is 12.0. The minimum absolute atomic E-state index is 0.0425. The Kier molecular flexibility index (Phi) is 5.68. The molecule has 1 aliphatic rings. The van der Waals surface area contributed by atoms with E-state index in [-0.39, 0.29) is 18.0 Å². The Morgan fingerprint density at radius 3 is 2.62 bits per heavy atom. The van der Waals surface area contributed by atoms with Crippen molar-refractivity contribution in [1.29, 1.82) is 0 Å². The number of nitrogens with one attached hydrogen (secondary N) is 1. The summed E-state index contributed by atoms with van der Waals surface area (Å²) < 4.78 is 6.68. The summed E-state index contributed by atoms with van der Waals surface area (Å²) in [6, 6.07) is 10.1. The average Bonchev–Trinajstić information content (AvgIpc) is 3.29. The molecule has 9 heteroatoms. The molecule has 0 saturated carbocycles. The Hall–Kier alpha value is -2.65. The van der Waals surface area contributed by atoms with Crippen LogP contribution in [-0.2, 0) is 11.2 Å². The summed E-state index contributed by atoms with van der Waals surface area (Å²) in [5.74, 6) is 0.885. The number of piperazine rings is 1. The first kappa shape index (κ1) is 19.7. The minimum Gasteiger partial charge on any atom is -0.492 e. The van der Waals surface area contributed by atoms with Gasteiger partial charge in [0.15, 0.2) is 11.9 Å². The number of rotatable bonds is 5. The average molecular weight is 417 g/mol. The fourth-order valence-electron chi connectivity index (χ4n) is 3.83. The van der Waals surface area contributed by atoms with Crippen LogP contribution < -0.4 is 4.90 Å². The minimum atomic E-state index is -0.253. The molecule has 3 heterocycles. The van der Waals surface area contributed by atoms with E-state index in [1.165, 1.54) is 16.2 Å². The second-order valence-electron chi connectivity index (χ2n) is 7.05. The molecule has 3 aromatic rings. The molecular formula is C20H26N5O3S+. The lowest BCUT2D eigenvalue weighted by Crippen LogP contribution is -3.15. The number of aryl methyl sites for hydroxylation is 1. The van der Waals surface area contributed by atoms with Crippen LogP contribution in [-0.4, -0.2) is 63.5 Å². The molecule has 0 unspecified atom stereocenters. The van der Waals surface area contributed by atoms with Gasteiger partial charge in [0.05, 0.1) is 32.8 Å². The lowest BCUT2D eigenvalue weighted by molar-refractivity contribution is -0.929. The number of carbonyl (C=O) groups excluding carboxylic acids is 1. The van der Waals surface area contributed by atoms with E-state index in [2.05, 4.69) is 22.2 Å². The van der Waals surface area contributed by atoms with Crippen LogP contribution >= 0.6 is 11.3 Å². The van der Waals surface area contributed by atoms with Gasteiger partial charge in [-0.3, -0.25) is 4.90 Å². The van der Waals surface area contributed by atoms with Crippen molar-refractivity contribution in [1.82, 2.24) is 19.5 Å². The van der Waals surface area contributed by atoms with Gasteiger partial charge in [-0.2, -0.15) is 4.52 Å². The Labute approximate surface area is 173 Å². The number of aromatic hydroxyl groups is 1. The molecule has 4 rings (SSSR count). The van der Waals surface area contributed by atoms with Crippen molar-refractivity contribution in [3.05, 3.63) is 46.6 Å². The first-order valence-electron chi connectivity index (χ1n) is 10.0. The fourth-order valence-corrected chi connectivity index (χ4v) is 4.99. The van der Waals surface area contributed by atoms with Crippen LogP contribution in [0.25, 0.3) is 4.96 Å². The first-order chi connectivity index (χ1) is 14.1. The zero-order chi connectivity index (χ0) is 20.4. The van der Waals surface area contributed by atoms with Crippen molar-refractivity contribution < 1.29 is 19.5 Å². The zero-order valence-electron chi connectivity index (χ0n) is 16.7. The van der Waals surface area contributed by atoms with Crippen molar-refractivity contribution in [2.75, 3.05) is 32.8 Å². The Bertz CT molecular complexity index is 979. The van der Waals surface area contributed by atoms with Gasteiger partial charge >= 0.3 is 6.09 Å². The van der Waals surface area contributed by atoms with Crippen LogP contribution in [0, 0.1) is 0 Å². The molecule has 2 aromatic heterocycles. The largest absolute Gasteiger partial charge is 0.492 e. The van der Waals surface area contributed by atoms with Crippen LogP contribution in [0.1, 0.15) is 36.2 Å². The summed E-state index contributed by atoms with van der Waals surface area (Å²) in [5, 5.41) is 15.4. The third-order valence-corrected chi connectivity index (χ3v) is 6.38. The van der Waals surface area contributed by atoms with E-state index >= 15 is 0 Å². The van der Waals surface area contributed by atoms with E-state index in [1.54, 1.807) is 9.42 Å². The number of fused-ring (bicyclic) bond motifs is 1. The van der Waals surface area contributed by atoms with Crippen LogP contribution in [0.5, 0.6) is 5.88 Å². The van der Waals surface area contributed by atoms with Gasteiger partial charge in [0, 0.05) is 12.0 Å². The second-order valence-corrected chi connectivity index (χ2v) is 8.06. The van der Waals surface area contributed by atoms with E-state index in [0.29, 0.717) is 24.7 Å². The van der Waals surface area contributed by atoms with Gasteiger partial charge in [-0.25, -0.2) is 9.78 Å². The summed E-state index contributed by atoms with van der Waals surface area (Å²) in [6.07, 6.45) is 0.475. The zero-order valence-corrected chi connectivity index (χ0v) is 17.5. The van der Waals surface area contributed by atoms with E-state index in [4.69, 9.17) is 4.74 Å². The number of aromatic nitrogens is 3. The topological polar surface area (TPSA) is 84.4 Å². The Morgan fingerprint density at radius 1 is 1.28 bits per heavy atom. The number of carbonyl (C=O) groups is 1. The van der Waals surface area contributed by atoms with Crippen LogP contribution in [0.15, 0.2) is 30.3 Å².